The fourth-order valence-electron chi connectivity index (χ4n) is 5.00. The highest BCUT2D eigenvalue weighted by atomic mass is 15.3. The molecule has 0 aliphatic carbocycles. The number of nitriles is 2. The molecule has 5 rings (SSSR count). The lowest BCUT2D eigenvalue weighted by atomic mass is 9.97. The molecular formula is C21H24N10. The molecule has 2 unspecified atom stereocenters. The van der Waals surface area contributed by atoms with Crippen molar-refractivity contribution < 1.29 is 0 Å². The van der Waals surface area contributed by atoms with E-state index in [1.54, 1.807) is 6.20 Å². The molecule has 4 N–H and O–H groups in total. The summed E-state index contributed by atoms with van der Waals surface area (Å²) in [7, 11) is 0. The number of aryl methyl sites for hydroxylation is 1. The molecule has 0 aromatic carbocycles. The zero-order chi connectivity index (χ0) is 21.4. The molecule has 2 aliphatic rings. The van der Waals surface area contributed by atoms with E-state index in [0.717, 1.165) is 25.1 Å². The van der Waals surface area contributed by atoms with Crippen LogP contribution in [-0.4, -0.2) is 54.7 Å². The fourth-order valence-corrected chi connectivity index (χ4v) is 5.00. The van der Waals surface area contributed by atoms with E-state index in [-0.39, 0.29) is 6.04 Å². The van der Waals surface area contributed by atoms with Crippen LogP contribution in [0.25, 0.3) is 11.0 Å². The highest BCUT2D eigenvalue weighted by molar-refractivity contribution is 5.94. The first-order chi connectivity index (χ1) is 15.1. The maximum Gasteiger partial charge on any atom is 0.226 e. The molecule has 0 spiro atoms. The van der Waals surface area contributed by atoms with Gasteiger partial charge in [0.2, 0.25) is 5.95 Å². The standard InChI is InChI=1S/C21H24N10/c1-12-7-17(30-29-12)26-20-18-13(10-23)11-24-19(18)27-21(28-20)25-14-8-15-3-4-16(9-14)31(15)6-2-5-22/h7,11,14-16H,2-4,6,8-9H2,1H3,(H4,24,25,26,27,28,29,30). The summed E-state index contributed by atoms with van der Waals surface area (Å²) in [5, 5.41) is 33.0. The average Bonchev–Trinajstić information content (AvgIpc) is 3.42. The summed E-state index contributed by atoms with van der Waals surface area (Å²) < 4.78 is 0. The zero-order valence-corrected chi connectivity index (χ0v) is 17.3. The van der Waals surface area contributed by atoms with Crippen molar-refractivity contribution in [1.82, 2.24) is 30.0 Å². The number of aromatic amines is 2. The van der Waals surface area contributed by atoms with Crippen LogP contribution >= 0.6 is 0 Å². The maximum absolute atomic E-state index is 9.49. The zero-order valence-electron chi connectivity index (χ0n) is 17.3. The molecule has 10 nitrogen and oxygen atoms in total. The Morgan fingerprint density at radius 3 is 2.71 bits per heavy atom. The number of fused-ring (bicyclic) bond motifs is 3. The van der Waals surface area contributed by atoms with E-state index in [9.17, 15) is 5.26 Å². The quantitative estimate of drug-likeness (QED) is 0.480. The molecule has 2 fully saturated rings. The molecule has 0 radical (unpaired) electrons. The molecule has 10 heteroatoms. The number of nitrogens with one attached hydrogen (secondary N) is 4. The van der Waals surface area contributed by atoms with Crippen LogP contribution in [0, 0.1) is 29.6 Å². The number of aromatic nitrogens is 5. The number of rotatable bonds is 6. The summed E-state index contributed by atoms with van der Waals surface area (Å²) in [6.45, 7) is 2.78. The van der Waals surface area contributed by atoms with Crippen LogP contribution in [0.15, 0.2) is 12.3 Å². The van der Waals surface area contributed by atoms with Crippen molar-refractivity contribution in [2.75, 3.05) is 17.2 Å². The van der Waals surface area contributed by atoms with E-state index >= 15 is 0 Å². The Kier molecular flexibility index (Phi) is 4.92. The highest BCUT2D eigenvalue weighted by Gasteiger charge is 2.40. The molecule has 2 saturated heterocycles. The van der Waals surface area contributed by atoms with Gasteiger partial charge in [-0.15, -0.1) is 0 Å². The van der Waals surface area contributed by atoms with Crippen LogP contribution < -0.4 is 10.6 Å². The van der Waals surface area contributed by atoms with E-state index in [4.69, 9.17) is 10.2 Å². The summed E-state index contributed by atoms with van der Waals surface area (Å²) >= 11 is 0. The number of H-pyrrole nitrogens is 2. The van der Waals surface area contributed by atoms with Crippen molar-refractivity contribution in [2.45, 2.75) is 57.2 Å². The Labute approximate surface area is 179 Å². The summed E-state index contributed by atoms with van der Waals surface area (Å²) in [5.74, 6) is 1.71. The van der Waals surface area contributed by atoms with E-state index in [2.05, 4.69) is 47.8 Å². The monoisotopic (exact) mass is 416 g/mol. The van der Waals surface area contributed by atoms with Crippen LogP contribution in [0.3, 0.4) is 0 Å². The summed E-state index contributed by atoms with van der Waals surface area (Å²) in [6, 6.07) is 7.64. The topological polar surface area (TPSA) is 145 Å². The maximum atomic E-state index is 9.49. The number of hydrogen-bond acceptors (Lipinski definition) is 8. The highest BCUT2D eigenvalue weighted by Crippen LogP contribution is 2.37. The Morgan fingerprint density at radius 1 is 1.23 bits per heavy atom. The molecule has 0 saturated carbocycles. The second-order valence-electron chi connectivity index (χ2n) is 8.34. The summed E-state index contributed by atoms with van der Waals surface area (Å²) in [4.78, 5) is 14.9. The van der Waals surface area contributed by atoms with Crippen molar-refractivity contribution in [2.24, 2.45) is 0 Å². The molecule has 31 heavy (non-hydrogen) atoms. The lowest BCUT2D eigenvalue weighted by Crippen LogP contribution is -2.47. The predicted octanol–water partition coefficient (Wildman–Crippen LogP) is 2.93. The normalized spacial score (nSPS) is 22.9. The van der Waals surface area contributed by atoms with Gasteiger partial charge in [-0.3, -0.25) is 10.00 Å². The van der Waals surface area contributed by atoms with Crippen molar-refractivity contribution in [3.63, 3.8) is 0 Å². The Balaban J connectivity index is 1.40. The number of anilines is 3. The molecular weight excluding hydrogens is 392 g/mol. The molecule has 2 atom stereocenters. The molecule has 3 aromatic heterocycles. The van der Waals surface area contributed by atoms with Gasteiger partial charge in [0.15, 0.2) is 5.82 Å². The molecule has 3 aromatic rings. The van der Waals surface area contributed by atoms with E-state index < -0.39 is 0 Å². The van der Waals surface area contributed by atoms with Crippen LogP contribution in [0.5, 0.6) is 0 Å². The van der Waals surface area contributed by atoms with Crippen LogP contribution in [-0.2, 0) is 0 Å². The number of hydrogen-bond donors (Lipinski definition) is 4. The first kappa shape index (κ1) is 19.3. The van der Waals surface area contributed by atoms with Gasteiger partial charge < -0.3 is 15.6 Å². The van der Waals surface area contributed by atoms with Gasteiger partial charge in [-0.2, -0.15) is 25.6 Å². The van der Waals surface area contributed by atoms with Crippen molar-refractivity contribution in [1.29, 1.82) is 10.5 Å². The lowest BCUT2D eigenvalue weighted by Gasteiger charge is -2.38. The van der Waals surface area contributed by atoms with Gasteiger partial charge in [0.1, 0.15) is 17.5 Å². The Morgan fingerprint density at radius 2 is 2.03 bits per heavy atom. The third-order valence-electron chi connectivity index (χ3n) is 6.30. The molecule has 2 aliphatic heterocycles. The van der Waals surface area contributed by atoms with Crippen LogP contribution in [0.1, 0.15) is 43.4 Å². The van der Waals surface area contributed by atoms with Gasteiger partial charge >= 0.3 is 0 Å². The van der Waals surface area contributed by atoms with Gasteiger partial charge in [-0.25, -0.2) is 0 Å². The largest absolute Gasteiger partial charge is 0.351 e. The molecule has 2 bridgehead atoms. The van der Waals surface area contributed by atoms with Crippen molar-refractivity contribution >= 4 is 28.6 Å². The SMILES string of the molecule is Cc1cc(Nc2nc(NC3CC4CCC(C3)N4CCC#N)nc3[nH]cc(C#N)c23)n[nH]1. The summed E-state index contributed by atoms with van der Waals surface area (Å²) in [5.41, 5.74) is 2.03. The van der Waals surface area contributed by atoms with Crippen molar-refractivity contribution in [3.8, 4) is 12.1 Å². The predicted molar refractivity (Wildman–Crippen MR) is 116 cm³/mol. The second-order valence-corrected chi connectivity index (χ2v) is 8.34. The fraction of sp³-hybridized carbons (Fsp3) is 0.476. The average molecular weight is 416 g/mol. The smallest absolute Gasteiger partial charge is 0.226 e. The Bertz CT molecular complexity index is 1170. The molecule has 5 heterocycles. The minimum atomic E-state index is 0.277. The third kappa shape index (κ3) is 3.66. The second kappa shape index (κ2) is 7.89. The van der Waals surface area contributed by atoms with Crippen LogP contribution in [0.4, 0.5) is 17.6 Å². The Hall–Kier alpha value is -3.63. The summed E-state index contributed by atoms with van der Waals surface area (Å²) in [6.07, 6.45) is 6.62. The van der Waals surface area contributed by atoms with Crippen molar-refractivity contribution in [3.05, 3.63) is 23.5 Å². The first-order valence-electron chi connectivity index (χ1n) is 10.6. The number of nitrogens with zero attached hydrogens (tertiary/aromatic N) is 6. The van der Waals surface area contributed by atoms with Gasteiger partial charge in [-0.1, -0.05) is 0 Å². The van der Waals surface area contributed by atoms with E-state index in [0.29, 0.717) is 52.7 Å². The molecule has 158 valence electrons. The van der Waals surface area contributed by atoms with Gasteiger partial charge in [0, 0.05) is 49.0 Å². The number of piperidine rings is 1. The van der Waals surface area contributed by atoms with Gasteiger partial charge in [0.05, 0.1) is 17.0 Å². The van der Waals surface area contributed by atoms with Gasteiger partial charge in [-0.05, 0) is 32.6 Å². The molecule has 0 amide bonds. The minimum absolute atomic E-state index is 0.277. The van der Waals surface area contributed by atoms with E-state index in [1.165, 1.54) is 12.8 Å². The lowest BCUT2D eigenvalue weighted by molar-refractivity contribution is 0.135. The first-order valence-corrected chi connectivity index (χ1v) is 10.6. The third-order valence-corrected chi connectivity index (χ3v) is 6.30. The van der Waals surface area contributed by atoms with E-state index in [1.807, 2.05) is 13.0 Å². The minimum Gasteiger partial charge on any atom is -0.351 e. The van der Waals surface area contributed by atoms with Gasteiger partial charge in [0.25, 0.3) is 0 Å². The van der Waals surface area contributed by atoms with Crippen LogP contribution in [0.2, 0.25) is 0 Å².